The van der Waals surface area contributed by atoms with E-state index < -0.39 is 15.4 Å². The Morgan fingerprint density at radius 2 is 2.00 bits per heavy atom. The average Bonchev–Trinajstić information content (AvgIpc) is 3.15. The van der Waals surface area contributed by atoms with Crippen LogP contribution in [0.3, 0.4) is 0 Å². The number of nitrogens with one attached hydrogen (secondary N) is 2. The molecule has 3 rings (SSSR count). The summed E-state index contributed by atoms with van der Waals surface area (Å²) in [7, 11) is -1.67. The Morgan fingerprint density at radius 3 is 2.65 bits per heavy atom. The second-order valence-electron chi connectivity index (χ2n) is 8.35. The first-order valence-corrected chi connectivity index (χ1v) is 13.0. The van der Waals surface area contributed by atoms with Crippen LogP contribution in [0.4, 0.5) is 5.95 Å². The molecule has 2 aromatic heterocycles. The van der Waals surface area contributed by atoms with Gasteiger partial charge in [-0.15, -0.1) is 22.9 Å². The van der Waals surface area contributed by atoms with Crippen molar-refractivity contribution in [3.05, 3.63) is 46.9 Å². The lowest BCUT2D eigenvalue weighted by molar-refractivity contribution is 0.579. The normalized spacial score (nSPS) is 19.2. The highest BCUT2D eigenvalue weighted by Gasteiger charge is 2.33. The number of rotatable bonds is 7. The van der Waals surface area contributed by atoms with Crippen LogP contribution in [-0.4, -0.2) is 41.5 Å². The number of halogens is 1. The van der Waals surface area contributed by atoms with Crippen molar-refractivity contribution in [2.24, 2.45) is 0 Å². The number of hydrogen-bond acceptors (Lipinski definition) is 7. The molecule has 1 aliphatic rings. The second kappa shape index (κ2) is 9.26. The molecule has 1 aliphatic carbocycles. The van der Waals surface area contributed by atoms with Gasteiger partial charge in [-0.1, -0.05) is 39.8 Å². The fourth-order valence-electron chi connectivity index (χ4n) is 3.15. The van der Waals surface area contributed by atoms with Gasteiger partial charge in [-0.2, -0.15) is 0 Å². The third kappa shape index (κ3) is 5.45. The van der Waals surface area contributed by atoms with E-state index in [0.717, 1.165) is 21.3 Å². The number of nitrogens with zero attached hydrogens (tertiary/aromatic N) is 3. The summed E-state index contributed by atoms with van der Waals surface area (Å²) in [5.41, 5.74) is 1.84. The van der Waals surface area contributed by atoms with Crippen molar-refractivity contribution < 1.29 is 8.42 Å². The molecule has 168 valence electrons. The van der Waals surface area contributed by atoms with Crippen LogP contribution in [0, 0.1) is 0 Å². The number of anilines is 1. The minimum absolute atomic E-state index is 0.0478. The summed E-state index contributed by atoms with van der Waals surface area (Å²) in [6.07, 6.45) is 7.73. The van der Waals surface area contributed by atoms with Gasteiger partial charge in [-0.05, 0) is 18.6 Å². The van der Waals surface area contributed by atoms with Gasteiger partial charge in [0.25, 0.3) is 0 Å². The van der Waals surface area contributed by atoms with E-state index in [9.17, 15) is 8.42 Å². The largest absolute Gasteiger partial charge is 0.357 e. The Hall–Kier alpha value is -1.97. The van der Waals surface area contributed by atoms with E-state index >= 15 is 0 Å². The number of hydrogen-bond donors (Lipinski definition) is 2. The highest BCUT2D eigenvalue weighted by atomic mass is 35.5. The SMILES string of the molecule is CCCS(=O)(=O)NC1=CC=CC(c2nc(C(C)(C)C)sc2-c2ccnc(NC)n2)C1Cl. The van der Waals surface area contributed by atoms with E-state index in [1.54, 1.807) is 30.7 Å². The molecule has 31 heavy (non-hydrogen) atoms. The smallest absolute Gasteiger partial charge is 0.232 e. The van der Waals surface area contributed by atoms with Crippen LogP contribution in [0.5, 0.6) is 0 Å². The molecule has 0 aromatic carbocycles. The number of allylic oxidation sites excluding steroid dienone is 4. The molecule has 0 fully saturated rings. The maximum Gasteiger partial charge on any atom is 0.232 e. The number of sulfonamides is 1. The Bertz CT molecular complexity index is 1100. The summed E-state index contributed by atoms with van der Waals surface area (Å²) in [6.45, 7) is 8.15. The highest BCUT2D eigenvalue weighted by Crippen LogP contribution is 2.42. The van der Waals surface area contributed by atoms with Crippen LogP contribution < -0.4 is 10.0 Å². The standard InChI is InChI=1S/C21H28ClN5O2S2/c1-6-12-31(28,29)27-14-9-7-8-13(16(14)22)17-18(30-19(26-17)21(2,3)4)15-10-11-24-20(23-5)25-15/h7-11,13,16,27H,6,12H2,1-5H3,(H,23,24,25). The minimum Gasteiger partial charge on any atom is -0.357 e. The fraction of sp³-hybridized carbons (Fsp3) is 0.476. The number of aromatic nitrogens is 3. The monoisotopic (exact) mass is 481 g/mol. The van der Waals surface area contributed by atoms with Gasteiger partial charge in [0.2, 0.25) is 16.0 Å². The molecule has 0 radical (unpaired) electrons. The van der Waals surface area contributed by atoms with Gasteiger partial charge < -0.3 is 5.32 Å². The Morgan fingerprint density at radius 1 is 1.26 bits per heavy atom. The topological polar surface area (TPSA) is 96.9 Å². The van der Waals surface area contributed by atoms with Gasteiger partial charge in [0.05, 0.1) is 32.4 Å². The first-order chi connectivity index (χ1) is 14.6. The zero-order valence-corrected chi connectivity index (χ0v) is 20.7. The summed E-state index contributed by atoms with van der Waals surface area (Å²) >= 11 is 8.38. The van der Waals surface area contributed by atoms with E-state index in [0.29, 0.717) is 18.1 Å². The van der Waals surface area contributed by atoms with Crippen molar-refractivity contribution in [3.8, 4) is 10.6 Å². The van der Waals surface area contributed by atoms with Crippen LogP contribution in [-0.2, 0) is 15.4 Å². The molecule has 2 heterocycles. The van der Waals surface area contributed by atoms with E-state index in [1.165, 1.54) is 0 Å². The Labute approximate surface area is 193 Å². The molecule has 7 nitrogen and oxygen atoms in total. The van der Waals surface area contributed by atoms with E-state index in [4.69, 9.17) is 16.6 Å². The second-order valence-corrected chi connectivity index (χ2v) is 11.7. The van der Waals surface area contributed by atoms with Crippen molar-refractivity contribution in [3.63, 3.8) is 0 Å². The lowest BCUT2D eigenvalue weighted by Gasteiger charge is -2.25. The van der Waals surface area contributed by atoms with Crippen molar-refractivity contribution >= 4 is 38.9 Å². The molecule has 0 aliphatic heterocycles. The summed E-state index contributed by atoms with van der Waals surface area (Å²) in [4.78, 5) is 14.7. The maximum atomic E-state index is 12.3. The molecule has 10 heteroatoms. The summed E-state index contributed by atoms with van der Waals surface area (Å²) in [5, 5.41) is 3.32. The molecular formula is C21H28ClN5O2S2. The van der Waals surface area contributed by atoms with Gasteiger partial charge in [-0.3, -0.25) is 4.72 Å². The lowest BCUT2D eigenvalue weighted by Crippen LogP contribution is -2.33. The molecule has 2 aromatic rings. The van der Waals surface area contributed by atoms with Crippen LogP contribution in [0.2, 0.25) is 0 Å². The van der Waals surface area contributed by atoms with Crippen molar-refractivity contribution in [2.75, 3.05) is 18.1 Å². The lowest BCUT2D eigenvalue weighted by atomic mass is 9.92. The minimum atomic E-state index is -3.44. The molecule has 2 N–H and O–H groups in total. The quantitative estimate of drug-likeness (QED) is 0.568. The number of alkyl halides is 1. The van der Waals surface area contributed by atoms with Gasteiger partial charge in [-0.25, -0.2) is 23.4 Å². The molecule has 0 bridgehead atoms. The van der Waals surface area contributed by atoms with Gasteiger partial charge in [0, 0.05) is 30.3 Å². The molecule has 2 atom stereocenters. The molecule has 0 saturated carbocycles. The number of thiazole rings is 1. The highest BCUT2D eigenvalue weighted by molar-refractivity contribution is 7.89. The van der Waals surface area contributed by atoms with E-state index in [-0.39, 0.29) is 17.1 Å². The van der Waals surface area contributed by atoms with E-state index in [2.05, 4.69) is 40.8 Å². The average molecular weight is 482 g/mol. The molecular weight excluding hydrogens is 454 g/mol. The van der Waals surface area contributed by atoms with Crippen LogP contribution >= 0.6 is 22.9 Å². The summed E-state index contributed by atoms with van der Waals surface area (Å²) < 4.78 is 27.3. The maximum absolute atomic E-state index is 12.3. The van der Waals surface area contributed by atoms with Crippen molar-refractivity contribution in [2.45, 2.75) is 50.8 Å². The zero-order chi connectivity index (χ0) is 22.8. The van der Waals surface area contributed by atoms with Crippen LogP contribution in [0.25, 0.3) is 10.6 Å². The first kappa shape index (κ1) is 23.7. The third-order valence-corrected chi connectivity index (χ3v) is 8.19. The van der Waals surface area contributed by atoms with Gasteiger partial charge >= 0.3 is 0 Å². The van der Waals surface area contributed by atoms with Crippen molar-refractivity contribution in [1.82, 2.24) is 19.7 Å². The summed E-state index contributed by atoms with van der Waals surface area (Å²) in [6, 6.07) is 1.85. The molecule has 0 amide bonds. The third-order valence-electron chi connectivity index (χ3n) is 4.68. The molecule has 0 spiro atoms. The van der Waals surface area contributed by atoms with Gasteiger partial charge in [0.15, 0.2) is 0 Å². The zero-order valence-electron chi connectivity index (χ0n) is 18.3. The molecule has 0 saturated heterocycles. The fourth-order valence-corrected chi connectivity index (χ4v) is 5.89. The van der Waals surface area contributed by atoms with Crippen LogP contribution in [0.1, 0.15) is 50.7 Å². The van der Waals surface area contributed by atoms with E-state index in [1.807, 2.05) is 25.1 Å². The first-order valence-electron chi connectivity index (χ1n) is 10.1. The Kier molecular flexibility index (Phi) is 7.08. The predicted molar refractivity (Wildman–Crippen MR) is 128 cm³/mol. The Balaban J connectivity index is 2.04. The van der Waals surface area contributed by atoms with Crippen LogP contribution in [0.15, 0.2) is 36.2 Å². The summed E-state index contributed by atoms with van der Waals surface area (Å²) in [5.74, 6) is 0.261. The predicted octanol–water partition coefficient (Wildman–Crippen LogP) is 4.41. The van der Waals surface area contributed by atoms with Gasteiger partial charge in [0.1, 0.15) is 0 Å². The van der Waals surface area contributed by atoms with Crippen molar-refractivity contribution in [1.29, 1.82) is 0 Å². The molecule has 2 unspecified atom stereocenters.